The molecule has 5 rings (SSSR count). The molecule has 43 heavy (non-hydrogen) atoms. The molecule has 5 aromatic rings. The summed E-state index contributed by atoms with van der Waals surface area (Å²) in [6.45, 7) is -0.266. The van der Waals surface area contributed by atoms with E-state index in [4.69, 9.17) is 4.42 Å². The fraction of sp³-hybridized carbons (Fsp3) is 0.125. The third-order valence-corrected chi connectivity index (χ3v) is 7.98. The Labute approximate surface area is 280 Å². The zero-order chi connectivity index (χ0) is 29.7. The Kier molecular flexibility index (Phi) is 11.0. The zero-order valence-corrected chi connectivity index (χ0v) is 27.7. The second-order valence-electron chi connectivity index (χ2n) is 9.74. The molecule has 0 radical (unpaired) electrons. The summed E-state index contributed by atoms with van der Waals surface area (Å²) in [5, 5.41) is 6.47. The maximum atomic E-state index is 13.6. The molecular weight excluding hydrogens is 643 g/mol. The molecule has 0 saturated carbocycles. The van der Waals surface area contributed by atoms with Gasteiger partial charge < -0.3 is 19.6 Å². The molecule has 0 fully saturated rings. The first-order chi connectivity index (χ1) is 20.1. The van der Waals surface area contributed by atoms with Crippen molar-refractivity contribution in [2.45, 2.75) is 12.3 Å². The van der Waals surface area contributed by atoms with Crippen LogP contribution in [0.2, 0.25) is 0 Å². The third-order valence-electron chi connectivity index (χ3n) is 6.74. The van der Waals surface area contributed by atoms with Crippen molar-refractivity contribution in [3.63, 3.8) is 0 Å². The summed E-state index contributed by atoms with van der Waals surface area (Å²) in [5.74, 6) is -1.12. The van der Waals surface area contributed by atoms with Crippen LogP contribution in [-0.2, 0) is 21.3 Å². The van der Waals surface area contributed by atoms with Crippen LogP contribution in [-0.4, -0.2) is 37.1 Å². The van der Waals surface area contributed by atoms with Gasteiger partial charge >= 0.3 is 29.6 Å². The molecule has 2 amide bonds. The Bertz CT molecular complexity index is 1790. The largest absolute Gasteiger partial charge is 1.00 e. The first-order valence-corrected chi connectivity index (χ1v) is 15.5. The number of carbonyl (C=O) groups excluding carboxylic acids is 2. The molecule has 0 saturated heterocycles. The van der Waals surface area contributed by atoms with E-state index >= 15 is 0 Å². The van der Waals surface area contributed by atoms with Crippen LogP contribution in [0.15, 0.2) is 112 Å². The first kappa shape index (κ1) is 32.7. The number of amides is 2. The van der Waals surface area contributed by atoms with Crippen molar-refractivity contribution in [1.29, 1.82) is 0 Å². The number of rotatable bonds is 10. The van der Waals surface area contributed by atoms with Crippen molar-refractivity contribution in [2.24, 2.45) is 0 Å². The molecule has 1 unspecified atom stereocenters. The number of benzene rings is 4. The number of hydrogen-bond donors (Lipinski definition) is 2. The van der Waals surface area contributed by atoms with Gasteiger partial charge in [0.15, 0.2) is 0 Å². The standard InChI is InChI=1S/C32H27BrN2O6S.Na/c33-26-13-9-22(10-14-26)28(19-21-5-7-24(8-6-21)31(36)34-17-18-42(38,39)40)32(37)35-27-15-11-23(12-16-27)30-20-25-3-1-2-4-29(25)41-30;/h1-16,20,28H,17-19H2,(H,34,36)(H,35,37)(H,38,39,40);/q;+1/p-1. The van der Waals surface area contributed by atoms with Gasteiger partial charge in [-0.2, -0.15) is 0 Å². The predicted molar refractivity (Wildman–Crippen MR) is 164 cm³/mol. The van der Waals surface area contributed by atoms with Crippen LogP contribution >= 0.6 is 15.9 Å². The van der Waals surface area contributed by atoms with E-state index in [1.165, 1.54) is 0 Å². The number of para-hydroxylation sites is 1. The smallest absolute Gasteiger partial charge is 0.748 e. The van der Waals surface area contributed by atoms with Crippen molar-refractivity contribution in [1.82, 2.24) is 5.32 Å². The maximum Gasteiger partial charge on any atom is 1.00 e. The van der Waals surface area contributed by atoms with Crippen LogP contribution in [0.3, 0.4) is 0 Å². The van der Waals surface area contributed by atoms with Crippen molar-refractivity contribution < 1.29 is 56.5 Å². The van der Waals surface area contributed by atoms with Crippen molar-refractivity contribution >= 4 is 54.5 Å². The van der Waals surface area contributed by atoms with Crippen LogP contribution in [0.4, 0.5) is 5.69 Å². The number of halogens is 1. The van der Waals surface area contributed by atoms with E-state index in [1.54, 1.807) is 24.3 Å². The fourth-order valence-corrected chi connectivity index (χ4v) is 5.16. The van der Waals surface area contributed by atoms with Crippen LogP contribution in [0.5, 0.6) is 0 Å². The van der Waals surface area contributed by atoms with Crippen LogP contribution < -0.4 is 40.2 Å². The summed E-state index contributed by atoms with van der Waals surface area (Å²) in [6.07, 6.45) is 0.376. The number of anilines is 1. The molecule has 8 nitrogen and oxygen atoms in total. The molecule has 1 aromatic heterocycles. The third kappa shape index (κ3) is 8.88. The van der Waals surface area contributed by atoms with E-state index in [1.807, 2.05) is 78.9 Å². The van der Waals surface area contributed by atoms with E-state index in [2.05, 4.69) is 26.6 Å². The molecule has 1 atom stereocenters. The average Bonchev–Trinajstić information content (AvgIpc) is 3.41. The molecule has 0 spiro atoms. The molecule has 1 heterocycles. The maximum absolute atomic E-state index is 13.6. The summed E-state index contributed by atoms with van der Waals surface area (Å²) in [5.41, 5.74) is 4.33. The van der Waals surface area contributed by atoms with Crippen LogP contribution in [0, 0.1) is 0 Å². The Hall–Kier alpha value is -3.25. The minimum Gasteiger partial charge on any atom is -0.748 e. The van der Waals surface area contributed by atoms with E-state index < -0.39 is 27.7 Å². The number of nitrogens with one attached hydrogen (secondary N) is 2. The number of carbonyl (C=O) groups is 2. The SMILES string of the molecule is O=C(NCCS(=O)(=O)[O-])c1ccc(CC(C(=O)Nc2ccc(-c3cc4ccccc4o3)cc2)c2ccc(Br)cc2)cc1.[Na+]. The molecular formula is C32H26BrN2NaO6S. The van der Waals surface area contributed by atoms with E-state index in [-0.39, 0.29) is 42.0 Å². The van der Waals surface area contributed by atoms with Crippen molar-refractivity contribution in [2.75, 3.05) is 17.6 Å². The molecule has 11 heteroatoms. The van der Waals surface area contributed by atoms with Gasteiger partial charge in [-0.3, -0.25) is 9.59 Å². The Balaban J connectivity index is 0.00000423. The Morgan fingerprint density at radius 3 is 2.21 bits per heavy atom. The topological polar surface area (TPSA) is 129 Å². The zero-order valence-electron chi connectivity index (χ0n) is 23.2. The minimum absolute atomic E-state index is 0. The first-order valence-electron chi connectivity index (χ1n) is 13.1. The predicted octanol–water partition coefficient (Wildman–Crippen LogP) is 3.11. The summed E-state index contributed by atoms with van der Waals surface area (Å²) in [6, 6.07) is 31.5. The van der Waals surface area contributed by atoms with Gasteiger partial charge in [-0.05, 0) is 78.2 Å². The second kappa shape index (κ2) is 14.5. The van der Waals surface area contributed by atoms with Gasteiger partial charge in [0.25, 0.3) is 5.91 Å². The molecule has 0 aliphatic rings. The molecule has 4 aromatic carbocycles. The molecule has 0 bridgehead atoms. The van der Waals surface area contributed by atoms with Gasteiger partial charge in [0.2, 0.25) is 5.91 Å². The van der Waals surface area contributed by atoms with Crippen molar-refractivity contribution in [3.8, 4) is 11.3 Å². The Morgan fingerprint density at radius 2 is 1.56 bits per heavy atom. The van der Waals surface area contributed by atoms with E-state index in [9.17, 15) is 22.6 Å². The van der Waals surface area contributed by atoms with Gasteiger partial charge in [0.05, 0.1) is 21.8 Å². The second-order valence-corrected chi connectivity index (χ2v) is 12.2. The summed E-state index contributed by atoms with van der Waals surface area (Å²) < 4.78 is 39.1. The molecule has 214 valence electrons. The summed E-state index contributed by atoms with van der Waals surface area (Å²) >= 11 is 3.44. The average molecular weight is 670 g/mol. The van der Waals surface area contributed by atoms with Crippen LogP contribution in [0.25, 0.3) is 22.3 Å². The molecule has 2 N–H and O–H groups in total. The van der Waals surface area contributed by atoms with Gasteiger partial charge in [0.1, 0.15) is 11.3 Å². The van der Waals surface area contributed by atoms with E-state index in [0.29, 0.717) is 17.7 Å². The normalized spacial score (nSPS) is 11.9. The number of fused-ring (bicyclic) bond motifs is 1. The Morgan fingerprint density at radius 1 is 0.884 bits per heavy atom. The number of furan rings is 1. The van der Waals surface area contributed by atoms with Gasteiger partial charge in [0, 0.05) is 33.2 Å². The summed E-state index contributed by atoms with van der Waals surface area (Å²) in [7, 11) is -4.41. The van der Waals surface area contributed by atoms with Crippen LogP contribution in [0.1, 0.15) is 27.4 Å². The van der Waals surface area contributed by atoms with Crippen molar-refractivity contribution in [3.05, 3.63) is 124 Å². The van der Waals surface area contributed by atoms with Gasteiger partial charge in [-0.1, -0.05) is 58.4 Å². The fourth-order valence-electron chi connectivity index (χ4n) is 4.55. The number of hydrogen-bond acceptors (Lipinski definition) is 6. The minimum atomic E-state index is -4.41. The summed E-state index contributed by atoms with van der Waals surface area (Å²) in [4.78, 5) is 25.9. The molecule has 0 aliphatic carbocycles. The van der Waals surface area contributed by atoms with Gasteiger partial charge in [-0.15, -0.1) is 0 Å². The molecule has 0 aliphatic heterocycles. The monoisotopic (exact) mass is 668 g/mol. The van der Waals surface area contributed by atoms with E-state index in [0.717, 1.165) is 37.9 Å². The quantitative estimate of drug-likeness (QED) is 0.174. The van der Waals surface area contributed by atoms with Gasteiger partial charge in [-0.25, -0.2) is 8.42 Å².